The Morgan fingerprint density at radius 1 is 1.12 bits per heavy atom. The maximum Gasteiger partial charge on any atom is 0.407 e. The van der Waals surface area contributed by atoms with Crippen molar-refractivity contribution in [3.05, 3.63) is 35.9 Å². The van der Waals surface area contributed by atoms with Crippen molar-refractivity contribution in [2.24, 2.45) is 5.92 Å². The molecule has 2 amide bonds. The monoisotopic (exact) mass is 361 g/mol. The summed E-state index contributed by atoms with van der Waals surface area (Å²) in [5, 5.41) is 2.70. The highest BCUT2D eigenvalue weighted by atomic mass is 16.5. The van der Waals surface area contributed by atoms with Crippen LogP contribution < -0.4 is 5.32 Å². The molecule has 1 aliphatic rings. The Morgan fingerprint density at radius 2 is 1.81 bits per heavy atom. The standard InChI is InChI=1S/C20H31N3O3/c1-17(2)15-22-11-13-23(14-12-22)19(24)9-6-10-21-20(25)26-16-18-7-4-3-5-8-18/h3-5,7-8,17H,6,9-16H2,1-2H3,(H,21,25). The molecule has 0 atom stereocenters. The van der Waals surface area contributed by atoms with Crippen molar-refractivity contribution in [1.82, 2.24) is 15.1 Å². The van der Waals surface area contributed by atoms with Gasteiger partial charge in [0.15, 0.2) is 0 Å². The predicted octanol–water partition coefficient (Wildman–Crippen LogP) is 2.49. The molecule has 6 nitrogen and oxygen atoms in total. The van der Waals surface area contributed by atoms with Crippen molar-refractivity contribution >= 4 is 12.0 Å². The molecule has 1 heterocycles. The lowest BCUT2D eigenvalue weighted by Gasteiger charge is -2.35. The number of nitrogens with zero attached hydrogens (tertiary/aromatic N) is 2. The molecule has 1 aromatic rings. The first kappa shape index (κ1) is 20.2. The highest BCUT2D eigenvalue weighted by Crippen LogP contribution is 2.07. The summed E-state index contributed by atoms with van der Waals surface area (Å²) in [6.07, 6.45) is 0.651. The number of carbonyl (C=O) groups excluding carboxylic acids is 2. The van der Waals surface area contributed by atoms with Crippen LogP contribution in [0.2, 0.25) is 0 Å². The van der Waals surface area contributed by atoms with Crippen LogP contribution in [0.5, 0.6) is 0 Å². The van der Waals surface area contributed by atoms with Gasteiger partial charge in [0.2, 0.25) is 5.91 Å². The smallest absolute Gasteiger partial charge is 0.407 e. The van der Waals surface area contributed by atoms with Gasteiger partial charge in [-0.2, -0.15) is 0 Å². The number of rotatable bonds is 8. The number of piperazine rings is 1. The van der Waals surface area contributed by atoms with Gasteiger partial charge >= 0.3 is 6.09 Å². The summed E-state index contributed by atoms with van der Waals surface area (Å²) in [5.41, 5.74) is 0.953. The molecule has 1 aromatic carbocycles. The average molecular weight is 361 g/mol. The summed E-state index contributed by atoms with van der Waals surface area (Å²) < 4.78 is 5.14. The van der Waals surface area contributed by atoms with Crippen LogP contribution in [0.3, 0.4) is 0 Å². The van der Waals surface area contributed by atoms with Gasteiger partial charge in [-0.3, -0.25) is 9.69 Å². The zero-order valence-electron chi connectivity index (χ0n) is 15.9. The van der Waals surface area contributed by atoms with Crippen LogP contribution in [0.15, 0.2) is 30.3 Å². The average Bonchev–Trinajstić information content (AvgIpc) is 2.64. The minimum absolute atomic E-state index is 0.175. The van der Waals surface area contributed by atoms with Gasteiger partial charge in [0.05, 0.1) is 0 Å². The number of benzene rings is 1. The van der Waals surface area contributed by atoms with E-state index in [1.54, 1.807) is 0 Å². The Hall–Kier alpha value is -2.08. The molecule has 1 saturated heterocycles. The van der Waals surface area contributed by atoms with E-state index in [0.29, 0.717) is 25.3 Å². The Bertz CT molecular complexity index is 555. The SMILES string of the molecule is CC(C)CN1CCN(C(=O)CCCNC(=O)OCc2ccccc2)CC1. The summed E-state index contributed by atoms with van der Waals surface area (Å²) >= 11 is 0. The maximum atomic E-state index is 12.2. The molecule has 0 unspecified atom stereocenters. The largest absolute Gasteiger partial charge is 0.445 e. The Balaban J connectivity index is 1.54. The zero-order valence-corrected chi connectivity index (χ0v) is 15.9. The van der Waals surface area contributed by atoms with E-state index in [1.165, 1.54) is 0 Å². The van der Waals surface area contributed by atoms with Gasteiger partial charge in [0.1, 0.15) is 6.61 Å². The molecule has 144 valence electrons. The van der Waals surface area contributed by atoms with Gasteiger partial charge in [0, 0.05) is 45.7 Å². The van der Waals surface area contributed by atoms with E-state index in [9.17, 15) is 9.59 Å². The molecule has 1 aliphatic heterocycles. The second-order valence-electron chi connectivity index (χ2n) is 7.17. The lowest BCUT2D eigenvalue weighted by atomic mass is 10.2. The van der Waals surface area contributed by atoms with Crippen molar-refractivity contribution in [2.75, 3.05) is 39.3 Å². The van der Waals surface area contributed by atoms with E-state index < -0.39 is 6.09 Å². The topological polar surface area (TPSA) is 61.9 Å². The molecular weight excluding hydrogens is 330 g/mol. The fourth-order valence-electron chi connectivity index (χ4n) is 3.06. The van der Waals surface area contributed by atoms with E-state index in [-0.39, 0.29) is 12.5 Å². The summed E-state index contributed by atoms with van der Waals surface area (Å²) in [7, 11) is 0. The third-order valence-corrected chi connectivity index (χ3v) is 4.40. The Morgan fingerprint density at radius 3 is 2.46 bits per heavy atom. The number of alkyl carbamates (subject to hydrolysis) is 1. The zero-order chi connectivity index (χ0) is 18.8. The number of nitrogens with one attached hydrogen (secondary N) is 1. The maximum absolute atomic E-state index is 12.2. The van der Waals surface area contributed by atoms with Crippen LogP contribution >= 0.6 is 0 Å². The van der Waals surface area contributed by atoms with E-state index in [0.717, 1.165) is 38.3 Å². The van der Waals surface area contributed by atoms with E-state index in [4.69, 9.17) is 4.74 Å². The van der Waals surface area contributed by atoms with Crippen LogP contribution in [0.1, 0.15) is 32.3 Å². The molecule has 1 N–H and O–H groups in total. The van der Waals surface area contributed by atoms with Crippen molar-refractivity contribution in [2.45, 2.75) is 33.3 Å². The highest BCUT2D eigenvalue weighted by molar-refractivity contribution is 5.76. The van der Waals surface area contributed by atoms with Gasteiger partial charge in [0.25, 0.3) is 0 Å². The molecular formula is C20H31N3O3. The van der Waals surface area contributed by atoms with Crippen molar-refractivity contribution in [1.29, 1.82) is 0 Å². The van der Waals surface area contributed by atoms with Gasteiger partial charge in [-0.1, -0.05) is 44.2 Å². The predicted molar refractivity (Wildman–Crippen MR) is 102 cm³/mol. The van der Waals surface area contributed by atoms with Crippen LogP contribution in [-0.4, -0.2) is 61.1 Å². The summed E-state index contributed by atoms with van der Waals surface area (Å²) in [6.45, 7) is 9.75. The molecule has 6 heteroatoms. The minimum Gasteiger partial charge on any atom is -0.445 e. The molecule has 0 spiro atoms. The van der Waals surface area contributed by atoms with Crippen molar-refractivity contribution in [3.63, 3.8) is 0 Å². The first-order valence-electron chi connectivity index (χ1n) is 9.49. The quantitative estimate of drug-likeness (QED) is 0.723. The molecule has 0 radical (unpaired) electrons. The van der Waals surface area contributed by atoms with Crippen LogP contribution in [0, 0.1) is 5.92 Å². The summed E-state index contributed by atoms with van der Waals surface area (Å²) in [6, 6.07) is 9.56. The minimum atomic E-state index is -0.441. The lowest BCUT2D eigenvalue weighted by Crippen LogP contribution is -2.49. The van der Waals surface area contributed by atoms with E-state index >= 15 is 0 Å². The number of ether oxygens (including phenoxy) is 1. The molecule has 0 aliphatic carbocycles. The fraction of sp³-hybridized carbons (Fsp3) is 0.600. The Kier molecular flexibility index (Phi) is 8.41. The molecule has 1 fully saturated rings. The van der Waals surface area contributed by atoms with E-state index in [1.807, 2.05) is 35.2 Å². The fourth-order valence-corrected chi connectivity index (χ4v) is 3.06. The third kappa shape index (κ3) is 7.44. The van der Waals surface area contributed by atoms with Crippen molar-refractivity contribution < 1.29 is 14.3 Å². The third-order valence-electron chi connectivity index (χ3n) is 4.40. The van der Waals surface area contributed by atoms with Gasteiger partial charge in [-0.15, -0.1) is 0 Å². The number of hydrogen-bond acceptors (Lipinski definition) is 4. The molecule has 2 rings (SSSR count). The molecule has 26 heavy (non-hydrogen) atoms. The molecule has 0 saturated carbocycles. The number of amides is 2. The van der Waals surface area contributed by atoms with Gasteiger partial charge in [-0.05, 0) is 17.9 Å². The first-order chi connectivity index (χ1) is 12.5. The van der Waals surface area contributed by atoms with Gasteiger partial charge in [-0.25, -0.2) is 4.79 Å². The van der Waals surface area contributed by atoms with E-state index in [2.05, 4.69) is 24.1 Å². The summed E-state index contributed by atoms with van der Waals surface area (Å²) in [5.74, 6) is 0.832. The van der Waals surface area contributed by atoms with Crippen molar-refractivity contribution in [3.8, 4) is 0 Å². The Labute approximate surface area is 156 Å². The second-order valence-corrected chi connectivity index (χ2v) is 7.17. The lowest BCUT2D eigenvalue weighted by molar-refractivity contribution is -0.133. The summed E-state index contributed by atoms with van der Waals surface area (Å²) in [4.78, 5) is 28.2. The van der Waals surface area contributed by atoms with Crippen LogP contribution in [-0.2, 0) is 16.1 Å². The second kappa shape index (κ2) is 10.8. The first-order valence-corrected chi connectivity index (χ1v) is 9.49. The highest BCUT2D eigenvalue weighted by Gasteiger charge is 2.20. The number of carbonyl (C=O) groups is 2. The molecule has 0 bridgehead atoms. The normalized spacial score (nSPS) is 15.1. The van der Waals surface area contributed by atoms with Gasteiger partial charge < -0.3 is 15.0 Å². The number of hydrogen-bond donors (Lipinski definition) is 1. The van der Waals surface area contributed by atoms with Crippen LogP contribution in [0.4, 0.5) is 4.79 Å². The van der Waals surface area contributed by atoms with Crippen LogP contribution in [0.25, 0.3) is 0 Å². The molecule has 0 aromatic heterocycles.